The van der Waals surface area contributed by atoms with Gasteiger partial charge in [-0.1, -0.05) is 38.1 Å². The van der Waals surface area contributed by atoms with E-state index in [2.05, 4.69) is 4.98 Å². The minimum absolute atomic E-state index is 0.178. The largest absolute Gasteiger partial charge is 0.360 e. The number of aryl methyl sites for hydroxylation is 2. The number of carbonyl (C=O) groups is 1. The molecule has 0 saturated carbocycles. The zero-order chi connectivity index (χ0) is 17.0. The summed E-state index contributed by atoms with van der Waals surface area (Å²) < 4.78 is 0. The van der Waals surface area contributed by atoms with Gasteiger partial charge in [-0.05, 0) is 43.2 Å². The number of hydrogen-bond donors (Lipinski definition) is 1. The molecule has 3 aromatic rings. The van der Waals surface area contributed by atoms with E-state index < -0.39 is 0 Å². The average molecular weight is 307 g/mol. The van der Waals surface area contributed by atoms with E-state index in [0.717, 1.165) is 16.6 Å². The van der Waals surface area contributed by atoms with Crippen LogP contribution >= 0.6 is 0 Å². The molecule has 0 aliphatic heterocycles. The Morgan fingerprint density at radius 1 is 0.957 bits per heavy atom. The van der Waals surface area contributed by atoms with Gasteiger partial charge in [0.05, 0.1) is 5.56 Å². The lowest BCUT2D eigenvalue weighted by molar-refractivity contribution is 0.103. The highest BCUT2D eigenvalue weighted by molar-refractivity contribution is 6.10. The molecule has 0 atom stereocenters. The molecule has 0 unspecified atom stereocenters. The Bertz CT molecular complexity index is 907. The van der Waals surface area contributed by atoms with Gasteiger partial charge in [0.25, 0.3) is 0 Å². The predicted octanol–water partition coefficient (Wildman–Crippen LogP) is 4.40. The third kappa shape index (κ3) is 3.24. The molecule has 0 fully saturated rings. The van der Waals surface area contributed by atoms with Crippen LogP contribution in [0.25, 0.3) is 10.9 Å². The SMILES string of the molecule is CC.Cc1ccc(C(=O)c2c[nH]c3ccccc3c2=O)cc1C. The van der Waals surface area contributed by atoms with Crippen LogP contribution in [0, 0.1) is 13.8 Å². The summed E-state index contributed by atoms with van der Waals surface area (Å²) in [6.45, 7) is 7.95. The van der Waals surface area contributed by atoms with Crippen LogP contribution in [0.4, 0.5) is 0 Å². The summed E-state index contributed by atoms with van der Waals surface area (Å²) in [6, 6.07) is 12.7. The van der Waals surface area contributed by atoms with Gasteiger partial charge >= 0.3 is 0 Å². The lowest BCUT2D eigenvalue weighted by atomic mass is 9.99. The van der Waals surface area contributed by atoms with Crippen molar-refractivity contribution >= 4 is 16.7 Å². The third-order valence-electron chi connectivity index (χ3n) is 3.80. The van der Waals surface area contributed by atoms with Gasteiger partial charge in [0, 0.05) is 22.7 Å². The standard InChI is InChI=1S/C18H15NO2.C2H6/c1-11-7-8-13(9-12(11)2)17(20)15-10-19-16-6-4-3-5-14(16)18(15)21;1-2/h3-10H,1-2H3,(H,19,21);1-2H3. The third-order valence-corrected chi connectivity index (χ3v) is 3.80. The van der Waals surface area contributed by atoms with Crippen LogP contribution in [-0.4, -0.2) is 10.8 Å². The maximum absolute atomic E-state index is 12.6. The van der Waals surface area contributed by atoms with E-state index >= 15 is 0 Å². The molecule has 0 aliphatic rings. The lowest BCUT2D eigenvalue weighted by Gasteiger charge is -2.05. The van der Waals surface area contributed by atoms with Crippen molar-refractivity contribution in [2.24, 2.45) is 0 Å². The van der Waals surface area contributed by atoms with Gasteiger partial charge in [0.1, 0.15) is 0 Å². The smallest absolute Gasteiger partial charge is 0.200 e. The molecule has 3 nitrogen and oxygen atoms in total. The van der Waals surface area contributed by atoms with E-state index in [1.165, 1.54) is 6.20 Å². The number of pyridine rings is 1. The Morgan fingerprint density at radius 3 is 2.35 bits per heavy atom. The lowest BCUT2D eigenvalue weighted by Crippen LogP contribution is -2.16. The zero-order valence-electron chi connectivity index (χ0n) is 13.9. The van der Waals surface area contributed by atoms with Crippen molar-refractivity contribution in [1.82, 2.24) is 4.98 Å². The highest BCUT2D eigenvalue weighted by atomic mass is 16.1. The number of nitrogens with one attached hydrogen (secondary N) is 1. The van der Waals surface area contributed by atoms with Crippen LogP contribution in [0.1, 0.15) is 40.9 Å². The van der Waals surface area contributed by atoms with Crippen LogP contribution in [0.5, 0.6) is 0 Å². The minimum Gasteiger partial charge on any atom is -0.360 e. The Balaban J connectivity index is 0.000000924. The number of para-hydroxylation sites is 1. The average Bonchev–Trinajstić information content (AvgIpc) is 2.59. The van der Waals surface area contributed by atoms with Crippen molar-refractivity contribution in [1.29, 1.82) is 0 Å². The minimum atomic E-state index is -0.245. The molecule has 118 valence electrons. The van der Waals surface area contributed by atoms with E-state index in [1.54, 1.807) is 18.2 Å². The maximum atomic E-state index is 12.6. The van der Waals surface area contributed by atoms with E-state index in [0.29, 0.717) is 10.9 Å². The molecule has 0 bridgehead atoms. The van der Waals surface area contributed by atoms with Gasteiger partial charge in [-0.2, -0.15) is 0 Å². The van der Waals surface area contributed by atoms with Crippen LogP contribution in [0.2, 0.25) is 0 Å². The van der Waals surface area contributed by atoms with E-state index in [9.17, 15) is 9.59 Å². The normalized spacial score (nSPS) is 10.1. The first-order valence-electron chi connectivity index (χ1n) is 7.80. The number of aromatic nitrogens is 1. The second-order valence-corrected chi connectivity index (χ2v) is 5.21. The fourth-order valence-corrected chi connectivity index (χ4v) is 2.37. The molecule has 1 heterocycles. The molecule has 1 N–H and O–H groups in total. The van der Waals surface area contributed by atoms with Crippen molar-refractivity contribution in [2.75, 3.05) is 0 Å². The summed E-state index contributed by atoms with van der Waals surface area (Å²) in [5, 5.41) is 0.534. The van der Waals surface area contributed by atoms with Gasteiger partial charge < -0.3 is 4.98 Å². The molecular formula is C20H21NO2. The molecule has 2 aromatic carbocycles. The number of fused-ring (bicyclic) bond motifs is 1. The Hall–Kier alpha value is -2.68. The van der Waals surface area contributed by atoms with Gasteiger partial charge in [-0.3, -0.25) is 9.59 Å². The van der Waals surface area contributed by atoms with Gasteiger partial charge in [0.15, 0.2) is 5.78 Å². The van der Waals surface area contributed by atoms with Gasteiger partial charge in [0.2, 0.25) is 5.43 Å². The molecule has 0 amide bonds. The number of aromatic amines is 1. The second-order valence-electron chi connectivity index (χ2n) is 5.21. The Kier molecular flexibility index (Phi) is 5.12. The van der Waals surface area contributed by atoms with Crippen molar-refractivity contribution in [2.45, 2.75) is 27.7 Å². The summed E-state index contributed by atoms with van der Waals surface area (Å²) in [5.74, 6) is -0.245. The van der Waals surface area contributed by atoms with Crippen molar-refractivity contribution < 1.29 is 4.79 Å². The number of rotatable bonds is 2. The molecule has 3 rings (SSSR count). The monoisotopic (exact) mass is 307 g/mol. The molecule has 0 aliphatic carbocycles. The molecular weight excluding hydrogens is 286 g/mol. The van der Waals surface area contributed by atoms with Crippen LogP contribution in [0.15, 0.2) is 53.5 Å². The number of carbonyl (C=O) groups excluding carboxylic acids is 1. The molecule has 0 saturated heterocycles. The fourth-order valence-electron chi connectivity index (χ4n) is 2.37. The summed E-state index contributed by atoms with van der Waals surface area (Å²) in [7, 11) is 0. The topological polar surface area (TPSA) is 49.9 Å². The summed E-state index contributed by atoms with van der Waals surface area (Å²) in [5.41, 5.74) is 3.39. The number of ketones is 1. The quantitative estimate of drug-likeness (QED) is 0.713. The van der Waals surface area contributed by atoms with Crippen LogP contribution in [0.3, 0.4) is 0 Å². The van der Waals surface area contributed by atoms with Gasteiger partial charge in [-0.15, -0.1) is 0 Å². The predicted molar refractivity (Wildman–Crippen MR) is 95.3 cm³/mol. The fraction of sp³-hybridized carbons (Fsp3) is 0.200. The van der Waals surface area contributed by atoms with Gasteiger partial charge in [-0.25, -0.2) is 0 Å². The molecule has 0 radical (unpaired) electrons. The zero-order valence-corrected chi connectivity index (χ0v) is 13.9. The molecule has 0 spiro atoms. The highest BCUT2D eigenvalue weighted by Gasteiger charge is 2.15. The maximum Gasteiger partial charge on any atom is 0.200 e. The van der Waals surface area contributed by atoms with Crippen molar-refractivity contribution in [3.05, 3.63) is 81.1 Å². The van der Waals surface area contributed by atoms with Crippen LogP contribution in [-0.2, 0) is 0 Å². The van der Waals surface area contributed by atoms with Crippen molar-refractivity contribution in [3.8, 4) is 0 Å². The Labute approximate surface area is 136 Å². The second kappa shape index (κ2) is 7.05. The summed E-state index contributed by atoms with van der Waals surface area (Å²) in [6.07, 6.45) is 1.50. The number of hydrogen-bond acceptors (Lipinski definition) is 2. The number of benzene rings is 2. The van der Waals surface area contributed by atoms with Crippen molar-refractivity contribution in [3.63, 3.8) is 0 Å². The molecule has 3 heteroatoms. The Morgan fingerprint density at radius 2 is 1.65 bits per heavy atom. The molecule has 1 aromatic heterocycles. The van der Waals surface area contributed by atoms with Crippen LogP contribution < -0.4 is 5.43 Å². The first-order valence-corrected chi connectivity index (χ1v) is 7.80. The summed E-state index contributed by atoms with van der Waals surface area (Å²) in [4.78, 5) is 28.0. The number of H-pyrrole nitrogens is 1. The first-order chi connectivity index (χ1) is 11.1. The molecule has 23 heavy (non-hydrogen) atoms. The van der Waals surface area contributed by atoms with E-state index in [-0.39, 0.29) is 16.8 Å². The highest BCUT2D eigenvalue weighted by Crippen LogP contribution is 2.14. The van der Waals surface area contributed by atoms with E-state index in [4.69, 9.17) is 0 Å². The summed E-state index contributed by atoms with van der Waals surface area (Å²) >= 11 is 0. The first kappa shape index (κ1) is 16.7. The van der Waals surface area contributed by atoms with E-state index in [1.807, 2.05) is 52.0 Å².